The van der Waals surface area contributed by atoms with E-state index in [0.29, 0.717) is 0 Å². The maximum Gasteiger partial charge on any atom is 0.180 e. The molecule has 0 radical (unpaired) electrons. The molecular formula is C91H202N20O5S. The molecule has 13 aromatic rings. The summed E-state index contributed by atoms with van der Waals surface area (Å²) in [7, 11) is 0. The van der Waals surface area contributed by atoms with Gasteiger partial charge in [0.2, 0.25) is 0 Å². The highest BCUT2D eigenvalue weighted by molar-refractivity contribution is 7.07. The second-order valence-electron chi connectivity index (χ2n) is 9.92. The van der Waals surface area contributed by atoms with Gasteiger partial charge in [0, 0.05) is 73.0 Å². The van der Waals surface area contributed by atoms with Crippen LogP contribution in [0.15, 0.2) is 256 Å². The van der Waals surface area contributed by atoms with Crippen molar-refractivity contribution in [3.8, 4) is 0 Å². The molecule has 0 saturated carbocycles. The van der Waals surface area contributed by atoms with Crippen LogP contribution in [-0.4, -0.2) is 102 Å². The summed E-state index contributed by atoms with van der Waals surface area (Å²) in [4.78, 5) is 20.1. The molecule has 13 heterocycles. The predicted molar refractivity (Wildman–Crippen MR) is 530 cm³/mol. The number of thiazole rings is 1. The summed E-state index contributed by atoms with van der Waals surface area (Å²) in [6.07, 6.45) is 44.1. The predicted octanol–water partition coefficient (Wildman–Crippen LogP) is 34.0. The summed E-state index contributed by atoms with van der Waals surface area (Å²) in [5.74, 6) is 0. The van der Waals surface area contributed by atoms with Gasteiger partial charge >= 0.3 is 0 Å². The van der Waals surface area contributed by atoms with Gasteiger partial charge in [-0.15, -0.1) is 11.3 Å². The molecule has 0 aliphatic carbocycles. The fourth-order valence-corrected chi connectivity index (χ4v) is 3.03. The second-order valence-corrected chi connectivity index (χ2v) is 10.7. The number of hydrogen-bond acceptors (Lipinski definition) is 19. The van der Waals surface area contributed by atoms with Crippen molar-refractivity contribution < 1.29 is 22.3 Å². The number of aromatic nitrogens is 20. The Morgan fingerprint density at radius 1 is 0.256 bits per heavy atom. The smallest absolute Gasteiger partial charge is 0.180 e. The van der Waals surface area contributed by atoms with Crippen LogP contribution in [-0.2, 0) is 0 Å². The van der Waals surface area contributed by atoms with E-state index < -0.39 is 0 Å². The molecule has 0 unspecified atom stereocenters. The minimum atomic E-state index is 0. The van der Waals surface area contributed by atoms with Gasteiger partial charge in [-0.05, 0) is 61.5 Å². The summed E-state index contributed by atoms with van der Waals surface area (Å²) < 4.78 is 22.3. The first kappa shape index (κ1) is 183. The third-order valence-corrected chi connectivity index (χ3v) is 5.69. The number of imidazole rings is 2. The van der Waals surface area contributed by atoms with Gasteiger partial charge in [0.1, 0.15) is 18.8 Å². The first-order valence-electron chi connectivity index (χ1n) is 43.4. The fraction of sp³-hybridized carbons (Fsp3) is 0.571. The summed E-state index contributed by atoms with van der Waals surface area (Å²) in [6.45, 7) is 102. The maximum absolute atomic E-state index is 4.58. The lowest BCUT2D eigenvalue weighted by molar-refractivity contribution is 0.419. The normalized spacial score (nSPS) is 5.84. The molecule has 0 bridgehead atoms. The van der Waals surface area contributed by atoms with Gasteiger partial charge in [-0.3, -0.25) is 20.3 Å². The SMILES string of the molecule is C.CC.CC.CC.CC.CC.CC.CC.CC.CC.CC.CC.CC.CC.CC.CC.CC.CC.CC.CC.CC.CC.CC.CC.CC.CC.Cc1ccn[nH]1.c1c[nH]cn1.c1c[nH]cn1.c1ccoc1.c1ccoc1.c1cn[nH]c1.c1cn[nH]c1.c1cn[nH]n1.c1cn[nH]n1.c1cnoc1.c1cnoc1.c1cocn1.c1cscn1. The number of H-pyrrole nitrogens is 7. The molecule has 0 aromatic carbocycles. The fourth-order valence-electron chi connectivity index (χ4n) is 2.68. The number of aryl methyl sites for hydroxylation is 1. The van der Waals surface area contributed by atoms with Gasteiger partial charge in [-0.1, -0.05) is 364 Å². The second kappa shape index (κ2) is 359. The first-order chi connectivity index (χ1) is 57.9. The lowest BCUT2D eigenvalue weighted by Gasteiger charge is -1.68. The quantitative estimate of drug-likeness (QED) is 0.0741. The maximum atomic E-state index is 4.58. The number of furan rings is 2. The van der Waals surface area contributed by atoms with Crippen molar-refractivity contribution in [1.29, 1.82) is 0 Å². The average molecular weight is 1690 g/mol. The zero-order valence-corrected chi connectivity index (χ0v) is 86.0. The average Bonchev–Trinajstić information content (AvgIpc) is 1.90. The number of nitrogens with one attached hydrogen (secondary N) is 7. The van der Waals surface area contributed by atoms with Crippen LogP contribution in [0, 0.1) is 6.92 Å². The Hall–Kier alpha value is -9.85. The molecule has 7 N–H and O–H groups in total. The highest BCUT2D eigenvalue weighted by atomic mass is 32.1. The van der Waals surface area contributed by atoms with Gasteiger partial charge in [-0.2, -0.15) is 46.1 Å². The van der Waals surface area contributed by atoms with E-state index in [0.717, 1.165) is 5.69 Å². The molecule has 0 fully saturated rings. The molecule has 13 aromatic heterocycles. The number of aromatic amines is 7. The van der Waals surface area contributed by atoms with Crippen molar-refractivity contribution in [3.05, 3.63) is 239 Å². The van der Waals surface area contributed by atoms with Crippen LogP contribution in [0.3, 0.4) is 0 Å². The Kier molecular flexibility index (Phi) is 563. The van der Waals surface area contributed by atoms with Crippen molar-refractivity contribution in [2.45, 2.75) is 361 Å². The van der Waals surface area contributed by atoms with Crippen LogP contribution >= 0.6 is 11.3 Å². The van der Waals surface area contributed by atoms with Crippen molar-refractivity contribution in [2.24, 2.45) is 0 Å². The van der Waals surface area contributed by atoms with Gasteiger partial charge in [0.15, 0.2) is 6.39 Å². The van der Waals surface area contributed by atoms with Gasteiger partial charge < -0.3 is 32.3 Å². The molecule has 25 nitrogen and oxygen atoms in total. The molecule has 0 spiro atoms. The Labute approximate surface area is 731 Å². The lowest BCUT2D eigenvalue weighted by Crippen LogP contribution is -1.65. The third kappa shape index (κ3) is 353. The van der Waals surface area contributed by atoms with Crippen molar-refractivity contribution >= 4 is 11.3 Å². The van der Waals surface area contributed by atoms with Crippen molar-refractivity contribution in [3.63, 3.8) is 0 Å². The van der Waals surface area contributed by atoms with E-state index in [-0.39, 0.29) is 7.43 Å². The van der Waals surface area contributed by atoms with E-state index in [4.69, 9.17) is 0 Å². The minimum absolute atomic E-state index is 0. The van der Waals surface area contributed by atoms with Crippen LogP contribution in [0.4, 0.5) is 0 Å². The zero-order valence-electron chi connectivity index (χ0n) is 85.2. The molecule has 0 atom stereocenters. The van der Waals surface area contributed by atoms with Crippen LogP contribution < -0.4 is 0 Å². The highest BCUT2D eigenvalue weighted by Crippen LogP contribution is 1.86. The van der Waals surface area contributed by atoms with E-state index >= 15 is 0 Å². The number of oxazole rings is 1. The molecule has 13 rings (SSSR count). The van der Waals surface area contributed by atoms with E-state index in [9.17, 15) is 0 Å². The first-order valence-corrected chi connectivity index (χ1v) is 44.4. The van der Waals surface area contributed by atoms with Gasteiger partial charge in [0.25, 0.3) is 0 Å². The van der Waals surface area contributed by atoms with Crippen LogP contribution in [0.5, 0.6) is 0 Å². The number of nitrogens with zero attached hydrogens (tertiary/aromatic N) is 13. The summed E-state index contributed by atoms with van der Waals surface area (Å²) in [6, 6.07) is 16.4. The standard InChI is InChI=1S/C4H6N2.2C4H4O.4C3H4N2.3C3H3NO.C3H3NS.2C2H3N3.25C2H6.CH4/c1-4-2-3-5-6-4;2*1-2-4-5-3-1;2*1-2-5-3-4-1;2*1-2-4-5-3-1;1-2-5-3-4-1;2*1-2-4-5-3-1;1-2-5-3-4-1;2*1-2-4-5-3-1;25*1-2;/h2-3H,1H3,(H,5,6);2*1-4H;4*1-3H,(H,4,5);4*1-3H;2*1-2H,(H,3,4,5);25*1-2H3;1H4. The Bertz CT molecular complexity index is 1610. The number of rotatable bonds is 0. The minimum Gasteiger partial charge on any atom is -0.473 e. The Morgan fingerprint density at radius 3 is 0.632 bits per heavy atom. The molecule has 702 valence electrons. The molecule has 0 aliphatic heterocycles. The Balaban J connectivity index is -0.0000000306. The largest absolute Gasteiger partial charge is 0.473 e. The molecule has 0 aliphatic rings. The number of hydrogen-bond donors (Lipinski definition) is 7. The van der Waals surface area contributed by atoms with E-state index in [1.807, 2.05) is 401 Å². The van der Waals surface area contributed by atoms with Gasteiger partial charge in [-0.25, -0.2) is 15.0 Å². The van der Waals surface area contributed by atoms with E-state index in [2.05, 4.69) is 124 Å². The summed E-state index contributed by atoms with van der Waals surface area (Å²) >= 11 is 1.60. The van der Waals surface area contributed by atoms with Crippen LogP contribution in [0.2, 0.25) is 0 Å². The van der Waals surface area contributed by atoms with Crippen molar-refractivity contribution in [1.82, 2.24) is 102 Å². The summed E-state index contributed by atoms with van der Waals surface area (Å²) in [5.41, 5.74) is 2.90. The molecular weight excluding hydrogens is 1490 g/mol. The van der Waals surface area contributed by atoms with E-state index in [1.54, 1.807) is 172 Å². The monoisotopic (exact) mass is 1690 g/mol. The Morgan fingerprint density at radius 2 is 0.564 bits per heavy atom. The highest BCUT2D eigenvalue weighted by Gasteiger charge is 1.74. The zero-order chi connectivity index (χ0) is 96.8. The van der Waals surface area contributed by atoms with Crippen LogP contribution in [0.1, 0.15) is 359 Å². The van der Waals surface area contributed by atoms with Gasteiger partial charge in [0.05, 0.1) is 86.6 Å². The molecule has 117 heavy (non-hydrogen) atoms. The van der Waals surface area contributed by atoms with Crippen LogP contribution in [0.25, 0.3) is 0 Å². The molecule has 0 amide bonds. The van der Waals surface area contributed by atoms with E-state index in [1.165, 1.54) is 25.2 Å². The topological polar surface area (TPSA) is 344 Å². The van der Waals surface area contributed by atoms with Crippen molar-refractivity contribution in [2.75, 3.05) is 0 Å². The lowest BCUT2D eigenvalue weighted by atomic mass is 10.5. The summed E-state index contributed by atoms with van der Waals surface area (Å²) in [5, 5.41) is 46.2. The molecule has 26 heteroatoms. The molecule has 0 saturated heterocycles. The third-order valence-electron chi connectivity index (χ3n) is 5.17.